The second-order valence-electron chi connectivity index (χ2n) is 7.04. The van der Waals surface area contributed by atoms with Gasteiger partial charge >= 0.3 is 6.09 Å². The number of likely N-dealkylation sites (tertiary alicyclic amines) is 1. The van der Waals surface area contributed by atoms with Gasteiger partial charge in [0.25, 0.3) is 0 Å². The van der Waals surface area contributed by atoms with Crippen LogP contribution in [0.15, 0.2) is 6.20 Å². The molecule has 0 saturated carbocycles. The van der Waals surface area contributed by atoms with E-state index in [4.69, 9.17) is 4.74 Å². The first-order valence-electron chi connectivity index (χ1n) is 8.00. The van der Waals surface area contributed by atoms with Crippen LogP contribution in [-0.2, 0) is 11.3 Å². The summed E-state index contributed by atoms with van der Waals surface area (Å²) in [7, 11) is 0. The van der Waals surface area contributed by atoms with Gasteiger partial charge < -0.3 is 19.9 Å². The first kappa shape index (κ1) is 16.8. The average Bonchev–Trinajstić information content (AvgIpc) is 2.81. The van der Waals surface area contributed by atoms with Gasteiger partial charge in [0.05, 0.1) is 0 Å². The molecule has 1 amide bonds. The van der Waals surface area contributed by atoms with Crippen molar-refractivity contribution < 1.29 is 9.53 Å². The highest BCUT2D eigenvalue weighted by Gasteiger charge is 2.33. The van der Waals surface area contributed by atoms with E-state index >= 15 is 0 Å². The Bertz CT molecular complexity index is 506. The lowest BCUT2D eigenvalue weighted by molar-refractivity contribution is 0.00697. The maximum absolute atomic E-state index is 12.3. The van der Waals surface area contributed by atoms with Gasteiger partial charge in [0, 0.05) is 37.1 Å². The molecule has 2 heterocycles. The number of H-pyrrole nitrogens is 1. The molecule has 1 aliphatic rings. The molecule has 2 atom stereocenters. The summed E-state index contributed by atoms with van der Waals surface area (Å²) in [5.41, 5.74) is 0.615. The van der Waals surface area contributed by atoms with Crippen LogP contribution in [0.5, 0.6) is 0 Å². The number of amides is 1. The Morgan fingerprint density at radius 2 is 2.27 bits per heavy atom. The number of aryl methyl sites for hydroxylation is 1. The van der Waals surface area contributed by atoms with Gasteiger partial charge in [-0.1, -0.05) is 0 Å². The number of hydrogen-bond donors (Lipinski definition) is 2. The summed E-state index contributed by atoms with van der Waals surface area (Å²) in [6, 6.07) is 0.387. The summed E-state index contributed by atoms with van der Waals surface area (Å²) >= 11 is 0. The lowest BCUT2D eigenvalue weighted by Gasteiger charge is -2.40. The molecule has 2 rings (SSSR count). The minimum atomic E-state index is -0.454. The van der Waals surface area contributed by atoms with E-state index in [9.17, 15) is 4.79 Å². The van der Waals surface area contributed by atoms with Crippen molar-refractivity contribution in [3.05, 3.63) is 17.7 Å². The number of carbonyl (C=O) groups excluding carboxylic acids is 1. The molecule has 1 aromatic rings. The first-order valence-corrected chi connectivity index (χ1v) is 8.00. The van der Waals surface area contributed by atoms with Gasteiger partial charge in [-0.05, 0) is 47.5 Å². The van der Waals surface area contributed by atoms with Crippen molar-refractivity contribution in [2.45, 2.75) is 71.7 Å². The third-order valence-corrected chi connectivity index (χ3v) is 3.93. The predicted molar refractivity (Wildman–Crippen MR) is 85.6 cm³/mol. The summed E-state index contributed by atoms with van der Waals surface area (Å²) in [6.45, 7) is 11.2. The normalized spacial score (nSPS) is 22.7. The van der Waals surface area contributed by atoms with Crippen LogP contribution in [0.25, 0.3) is 0 Å². The van der Waals surface area contributed by atoms with E-state index in [0.717, 1.165) is 37.4 Å². The molecule has 0 spiro atoms. The second kappa shape index (κ2) is 6.69. The molecule has 2 unspecified atom stereocenters. The number of ether oxygens (including phenoxy) is 1. The number of aromatic nitrogens is 2. The van der Waals surface area contributed by atoms with Crippen molar-refractivity contribution in [3.63, 3.8) is 0 Å². The molecular weight excluding hydrogens is 280 g/mol. The maximum atomic E-state index is 12.3. The van der Waals surface area contributed by atoms with E-state index in [1.807, 2.05) is 38.8 Å². The molecule has 22 heavy (non-hydrogen) atoms. The highest BCUT2D eigenvalue weighted by Crippen LogP contribution is 2.21. The molecule has 6 heteroatoms. The number of carbonyl (C=O) groups is 1. The predicted octanol–water partition coefficient (Wildman–Crippen LogP) is 2.60. The summed E-state index contributed by atoms with van der Waals surface area (Å²) < 4.78 is 5.51. The number of imidazole rings is 1. The third-order valence-electron chi connectivity index (χ3n) is 3.93. The quantitative estimate of drug-likeness (QED) is 0.900. The van der Waals surface area contributed by atoms with E-state index in [0.29, 0.717) is 0 Å². The molecule has 1 aromatic heterocycles. The molecule has 0 bridgehead atoms. The maximum Gasteiger partial charge on any atom is 0.410 e. The van der Waals surface area contributed by atoms with E-state index in [1.54, 1.807) is 0 Å². The Kier molecular flexibility index (Phi) is 5.11. The molecule has 0 radical (unpaired) electrons. The zero-order valence-corrected chi connectivity index (χ0v) is 14.3. The van der Waals surface area contributed by atoms with Crippen LogP contribution in [0.2, 0.25) is 0 Å². The van der Waals surface area contributed by atoms with Gasteiger partial charge in [-0.3, -0.25) is 0 Å². The molecule has 2 N–H and O–H groups in total. The smallest absolute Gasteiger partial charge is 0.410 e. The highest BCUT2D eigenvalue weighted by molar-refractivity contribution is 5.68. The second-order valence-corrected chi connectivity index (χ2v) is 7.04. The monoisotopic (exact) mass is 308 g/mol. The first-order chi connectivity index (χ1) is 10.3. The van der Waals surface area contributed by atoms with Gasteiger partial charge in [-0.25, -0.2) is 9.78 Å². The Labute approximate surface area is 132 Å². The molecule has 1 aliphatic heterocycles. The van der Waals surface area contributed by atoms with Crippen LogP contribution >= 0.6 is 0 Å². The van der Waals surface area contributed by atoms with Crippen molar-refractivity contribution in [3.8, 4) is 0 Å². The SMILES string of the molecule is Cc1ncc(CNC2CCCN(C(=O)OC(C)(C)C)C2C)[nH]1. The average molecular weight is 308 g/mol. The summed E-state index contributed by atoms with van der Waals surface area (Å²) in [5, 5.41) is 3.53. The van der Waals surface area contributed by atoms with Crippen molar-refractivity contribution in [1.82, 2.24) is 20.2 Å². The summed E-state index contributed by atoms with van der Waals surface area (Å²) in [4.78, 5) is 21.6. The molecule has 6 nitrogen and oxygen atoms in total. The largest absolute Gasteiger partial charge is 0.444 e. The van der Waals surface area contributed by atoms with Gasteiger partial charge in [0.15, 0.2) is 0 Å². The van der Waals surface area contributed by atoms with Crippen LogP contribution in [-0.4, -0.2) is 45.2 Å². The fourth-order valence-electron chi connectivity index (χ4n) is 2.80. The number of aromatic amines is 1. The Balaban J connectivity index is 1.91. The zero-order valence-electron chi connectivity index (χ0n) is 14.3. The van der Waals surface area contributed by atoms with E-state index in [1.165, 1.54) is 0 Å². The van der Waals surface area contributed by atoms with Gasteiger partial charge in [0.2, 0.25) is 0 Å². The standard InChI is InChI=1S/C16H28N4O2/c1-11-14(18-10-13-9-17-12(2)19-13)7-6-8-20(11)15(21)22-16(3,4)5/h9,11,14,18H,6-8,10H2,1-5H3,(H,17,19). The molecular formula is C16H28N4O2. The number of hydrogen-bond acceptors (Lipinski definition) is 4. The van der Waals surface area contributed by atoms with Crippen LogP contribution in [0.1, 0.15) is 52.1 Å². The Morgan fingerprint density at radius 3 is 2.86 bits per heavy atom. The number of nitrogens with zero attached hydrogens (tertiary/aromatic N) is 2. The molecule has 0 aliphatic carbocycles. The van der Waals surface area contributed by atoms with Crippen molar-refractivity contribution in [1.29, 1.82) is 0 Å². The molecule has 1 saturated heterocycles. The van der Waals surface area contributed by atoms with Crippen LogP contribution < -0.4 is 5.32 Å². The fraction of sp³-hybridized carbons (Fsp3) is 0.750. The van der Waals surface area contributed by atoms with Gasteiger partial charge in [0.1, 0.15) is 11.4 Å². The van der Waals surface area contributed by atoms with Gasteiger partial charge in [-0.2, -0.15) is 0 Å². The van der Waals surface area contributed by atoms with Crippen molar-refractivity contribution in [2.24, 2.45) is 0 Å². The third kappa shape index (κ3) is 4.47. The van der Waals surface area contributed by atoms with E-state index in [-0.39, 0.29) is 18.2 Å². The number of rotatable bonds is 3. The number of piperidine rings is 1. The molecule has 124 valence electrons. The van der Waals surface area contributed by atoms with Crippen LogP contribution in [0, 0.1) is 6.92 Å². The van der Waals surface area contributed by atoms with Crippen LogP contribution in [0.3, 0.4) is 0 Å². The Hall–Kier alpha value is -1.56. The molecule has 1 fully saturated rings. The van der Waals surface area contributed by atoms with E-state index in [2.05, 4.69) is 22.2 Å². The van der Waals surface area contributed by atoms with Crippen molar-refractivity contribution in [2.75, 3.05) is 6.54 Å². The lowest BCUT2D eigenvalue weighted by atomic mass is 9.98. The lowest BCUT2D eigenvalue weighted by Crippen LogP contribution is -2.55. The zero-order chi connectivity index (χ0) is 16.3. The summed E-state index contributed by atoms with van der Waals surface area (Å²) in [5.74, 6) is 0.920. The van der Waals surface area contributed by atoms with E-state index < -0.39 is 5.60 Å². The van der Waals surface area contributed by atoms with Crippen molar-refractivity contribution >= 4 is 6.09 Å². The van der Waals surface area contributed by atoms with Crippen LogP contribution in [0.4, 0.5) is 4.79 Å². The molecule has 0 aromatic carbocycles. The van der Waals surface area contributed by atoms with Gasteiger partial charge in [-0.15, -0.1) is 0 Å². The fourth-order valence-corrected chi connectivity index (χ4v) is 2.80. The Morgan fingerprint density at radius 1 is 1.55 bits per heavy atom. The number of nitrogens with one attached hydrogen (secondary N) is 2. The minimum absolute atomic E-state index is 0.118. The highest BCUT2D eigenvalue weighted by atomic mass is 16.6. The summed E-state index contributed by atoms with van der Waals surface area (Å²) in [6.07, 6.45) is 3.68. The minimum Gasteiger partial charge on any atom is -0.444 e. The topological polar surface area (TPSA) is 70.2 Å².